The molecule has 22 heavy (non-hydrogen) atoms. The first-order chi connectivity index (χ1) is 9.95. The van der Waals surface area contributed by atoms with E-state index in [0.717, 1.165) is 18.0 Å². The molecule has 0 atom stereocenters. The van der Waals surface area contributed by atoms with Gasteiger partial charge in [-0.15, -0.1) is 0 Å². The number of benzene rings is 1. The summed E-state index contributed by atoms with van der Waals surface area (Å²) >= 11 is 0. The van der Waals surface area contributed by atoms with Crippen molar-refractivity contribution in [2.75, 3.05) is 18.1 Å². The van der Waals surface area contributed by atoms with E-state index >= 15 is 0 Å². The summed E-state index contributed by atoms with van der Waals surface area (Å²) in [5, 5.41) is 0. The smallest absolute Gasteiger partial charge is 0.328 e. The highest BCUT2D eigenvalue weighted by atomic mass is 32.2. The maximum atomic E-state index is 11.5. The number of nitrogens with one attached hydrogen (secondary N) is 1. The summed E-state index contributed by atoms with van der Waals surface area (Å²) in [6, 6.07) is 5.49. The number of sulfonamides is 1. The Balaban J connectivity index is 2.36. The van der Waals surface area contributed by atoms with Crippen LogP contribution in [0.2, 0.25) is 6.32 Å². The van der Waals surface area contributed by atoms with Crippen LogP contribution < -0.4 is 14.9 Å². The predicted molar refractivity (Wildman–Crippen MR) is 90.6 cm³/mol. The average Bonchev–Trinajstić information content (AvgIpc) is 2.56. The van der Waals surface area contributed by atoms with E-state index in [1.54, 1.807) is 12.1 Å². The van der Waals surface area contributed by atoms with E-state index in [1.807, 2.05) is 6.07 Å². The molecule has 1 aliphatic heterocycles. The molecule has 122 valence electrons. The van der Waals surface area contributed by atoms with Crippen molar-refractivity contribution in [1.82, 2.24) is 0 Å². The van der Waals surface area contributed by atoms with Crippen LogP contribution in [-0.4, -0.2) is 34.3 Å². The Hall–Kier alpha value is -1.21. The Bertz CT molecular complexity index is 654. The fraction of sp³-hybridized carbons (Fsp3) is 0.600. The van der Waals surface area contributed by atoms with Crippen LogP contribution in [0.1, 0.15) is 27.7 Å². The molecule has 0 saturated carbocycles. The van der Waals surface area contributed by atoms with Gasteiger partial charge in [-0.3, -0.25) is 4.72 Å². The van der Waals surface area contributed by atoms with E-state index in [-0.39, 0.29) is 17.9 Å². The number of hydrogen-bond donors (Lipinski definition) is 1. The topological polar surface area (TPSA) is 64.6 Å². The highest BCUT2D eigenvalue weighted by Gasteiger charge is 2.49. The largest absolute Gasteiger partial charge is 0.495 e. The summed E-state index contributed by atoms with van der Waals surface area (Å²) < 4.78 is 36.9. The van der Waals surface area contributed by atoms with Gasteiger partial charge in [-0.2, -0.15) is 0 Å². The van der Waals surface area contributed by atoms with Crippen molar-refractivity contribution in [3.8, 4) is 5.75 Å². The summed E-state index contributed by atoms with van der Waals surface area (Å²) in [5.41, 5.74) is 1.20. The zero-order valence-corrected chi connectivity index (χ0v) is 14.9. The fourth-order valence-electron chi connectivity index (χ4n) is 2.66. The van der Waals surface area contributed by atoms with E-state index in [2.05, 4.69) is 32.4 Å². The van der Waals surface area contributed by atoms with Crippen molar-refractivity contribution in [3.05, 3.63) is 18.2 Å². The molecule has 1 heterocycles. The lowest BCUT2D eigenvalue weighted by Gasteiger charge is -2.34. The molecule has 0 amide bonds. The first-order valence-corrected chi connectivity index (χ1v) is 9.18. The Labute approximate surface area is 133 Å². The Morgan fingerprint density at radius 1 is 1.27 bits per heavy atom. The molecule has 1 fully saturated rings. The molecular formula is C15H24BNO4S. The third-order valence-corrected chi connectivity index (χ3v) is 5.24. The van der Waals surface area contributed by atoms with Gasteiger partial charge in [-0.1, -0.05) is 19.9 Å². The van der Waals surface area contributed by atoms with Crippen molar-refractivity contribution in [1.29, 1.82) is 0 Å². The summed E-state index contributed by atoms with van der Waals surface area (Å²) in [5.74, 6) is 0.491. The summed E-state index contributed by atoms with van der Waals surface area (Å²) in [4.78, 5) is 0. The molecule has 0 aliphatic carbocycles. The van der Waals surface area contributed by atoms with E-state index in [1.165, 1.54) is 7.11 Å². The number of rotatable bonds is 4. The number of ether oxygens (including phenoxy) is 1. The van der Waals surface area contributed by atoms with Gasteiger partial charge < -0.3 is 9.39 Å². The highest BCUT2D eigenvalue weighted by Crippen LogP contribution is 2.45. The number of anilines is 1. The summed E-state index contributed by atoms with van der Waals surface area (Å²) in [6.45, 7) is 8.49. The maximum absolute atomic E-state index is 11.5. The van der Waals surface area contributed by atoms with Crippen LogP contribution in [0.4, 0.5) is 5.69 Å². The molecule has 1 aromatic carbocycles. The standard InChI is InChI=1S/C15H24BNO4S/c1-14(2)10-16(21-15(14,3)4)11-7-8-13(20-5)12(9-11)17-22(6,18)19/h7-9,17H,10H2,1-6H3. The van der Waals surface area contributed by atoms with Crippen LogP contribution in [0.3, 0.4) is 0 Å². The second kappa shape index (κ2) is 5.46. The third kappa shape index (κ3) is 3.41. The quantitative estimate of drug-likeness (QED) is 0.861. The minimum atomic E-state index is -3.37. The first kappa shape index (κ1) is 17.2. The van der Waals surface area contributed by atoms with Crippen LogP contribution in [-0.2, 0) is 14.7 Å². The normalized spacial score (nSPS) is 20.0. The summed E-state index contributed by atoms with van der Waals surface area (Å²) in [6.07, 6.45) is 2.00. The van der Waals surface area contributed by atoms with Crippen molar-refractivity contribution < 1.29 is 17.8 Å². The molecule has 5 nitrogen and oxygen atoms in total. The molecular weight excluding hydrogens is 301 g/mol. The van der Waals surface area contributed by atoms with Gasteiger partial charge in [0, 0.05) is 0 Å². The van der Waals surface area contributed by atoms with Crippen LogP contribution >= 0.6 is 0 Å². The maximum Gasteiger partial charge on any atom is 0.328 e. The molecule has 7 heteroatoms. The van der Waals surface area contributed by atoms with E-state index in [4.69, 9.17) is 9.39 Å². The monoisotopic (exact) mass is 325 g/mol. The highest BCUT2D eigenvalue weighted by molar-refractivity contribution is 7.92. The Kier molecular flexibility index (Phi) is 4.26. The van der Waals surface area contributed by atoms with Gasteiger partial charge in [0.1, 0.15) is 5.75 Å². The lowest BCUT2D eigenvalue weighted by Crippen LogP contribution is -2.36. The molecule has 2 rings (SSSR count). The van der Waals surface area contributed by atoms with Gasteiger partial charge in [0.25, 0.3) is 0 Å². The number of hydrogen-bond acceptors (Lipinski definition) is 4. The van der Waals surface area contributed by atoms with Crippen molar-refractivity contribution in [3.63, 3.8) is 0 Å². The first-order valence-electron chi connectivity index (χ1n) is 7.29. The molecule has 0 radical (unpaired) electrons. The van der Waals surface area contributed by atoms with Gasteiger partial charge in [-0.05, 0) is 43.2 Å². The van der Waals surface area contributed by atoms with Gasteiger partial charge in [-0.25, -0.2) is 8.42 Å². The third-order valence-electron chi connectivity index (χ3n) is 4.65. The molecule has 0 bridgehead atoms. The zero-order chi connectivity index (χ0) is 16.8. The van der Waals surface area contributed by atoms with Crippen LogP contribution in [0, 0.1) is 5.41 Å². The lowest BCUT2D eigenvalue weighted by atomic mass is 9.54. The van der Waals surface area contributed by atoms with Crippen molar-refractivity contribution >= 4 is 28.1 Å². The van der Waals surface area contributed by atoms with Crippen molar-refractivity contribution in [2.24, 2.45) is 5.41 Å². The molecule has 0 unspecified atom stereocenters. The molecule has 1 N–H and O–H groups in total. The Morgan fingerprint density at radius 2 is 1.91 bits per heavy atom. The van der Waals surface area contributed by atoms with Gasteiger partial charge >= 0.3 is 6.92 Å². The molecule has 1 aromatic rings. The zero-order valence-electron chi connectivity index (χ0n) is 14.1. The van der Waals surface area contributed by atoms with E-state index < -0.39 is 10.0 Å². The second-order valence-corrected chi connectivity index (χ2v) is 8.79. The van der Waals surface area contributed by atoms with Crippen LogP contribution in [0.25, 0.3) is 0 Å². The van der Waals surface area contributed by atoms with E-state index in [0.29, 0.717) is 11.4 Å². The summed E-state index contributed by atoms with van der Waals surface area (Å²) in [7, 11) is -1.85. The van der Waals surface area contributed by atoms with Crippen LogP contribution in [0.15, 0.2) is 18.2 Å². The Morgan fingerprint density at radius 3 is 2.36 bits per heavy atom. The van der Waals surface area contributed by atoms with Gasteiger partial charge in [0.15, 0.2) is 0 Å². The second-order valence-electron chi connectivity index (χ2n) is 7.04. The molecule has 0 aromatic heterocycles. The van der Waals surface area contributed by atoms with Gasteiger partial charge in [0.2, 0.25) is 10.0 Å². The molecule has 1 aliphatic rings. The predicted octanol–water partition coefficient (Wildman–Crippen LogP) is 2.10. The number of methoxy groups -OCH3 is 1. The van der Waals surface area contributed by atoms with Crippen LogP contribution in [0.5, 0.6) is 5.75 Å². The average molecular weight is 325 g/mol. The van der Waals surface area contributed by atoms with Crippen molar-refractivity contribution in [2.45, 2.75) is 39.6 Å². The van der Waals surface area contributed by atoms with Gasteiger partial charge in [0.05, 0.1) is 24.7 Å². The minimum Gasteiger partial charge on any atom is -0.495 e. The minimum absolute atomic E-state index is 0.0437. The fourth-order valence-corrected chi connectivity index (χ4v) is 3.22. The van der Waals surface area contributed by atoms with E-state index in [9.17, 15) is 8.42 Å². The lowest BCUT2D eigenvalue weighted by molar-refractivity contribution is 0.0375. The molecule has 0 spiro atoms. The molecule has 1 saturated heterocycles. The SMILES string of the molecule is COc1ccc(B2CC(C)(C)C(C)(C)O2)cc1NS(C)(=O)=O.